The van der Waals surface area contributed by atoms with Gasteiger partial charge in [0.05, 0.1) is 5.69 Å². The summed E-state index contributed by atoms with van der Waals surface area (Å²) in [5.74, 6) is 0. The maximum absolute atomic E-state index is 4.56. The number of benzene rings is 1. The SMILES string of the molecule is Cc1ncc(-c2cccc(I)n2)cc1/C=C/c1ccccc1. The van der Waals surface area contributed by atoms with Crippen LogP contribution in [0.4, 0.5) is 0 Å². The molecule has 0 N–H and O–H groups in total. The molecule has 0 bridgehead atoms. The summed E-state index contributed by atoms with van der Waals surface area (Å²) in [5, 5.41) is 0. The van der Waals surface area contributed by atoms with Crippen LogP contribution in [0.2, 0.25) is 0 Å². The molecule has 0 aliphatic carbocycles. The van der Waals surface area contributed by atoms with E-state index in [0.29, 0.717) is 0 Å². The van der Waals surface area contributed by atoms with Gasteiger partial charge >= 0.3 is 0 Å². The first-order chi connectivity index (χ1) is 10.7. The monoisotopic (exact) mass is 398 g/mol. The average Bonchev–Trinajstić information content (AvgIpc) is 2.55. The molecule has 3 heteroatoms. The third kappa shape index (κ3) is 3.60. The molecule has 0 unspecified atom stereocenters. The summed E-state index contributed by atoms with van der Waals surface area (Å²) in [4.78, 5) is 9.06. The number of rotatable bonds is 3. The molecular weight excluding hydrogens is 383 g/mol. The Hall–Kier alpha value is -2.01. The first-order valence-electron chi connectivity index (χ1n) is 7.05. The van der Waals surface area contributed by atoms with Crippen LogP contribution in [0.1, 0.15) is 16.8 Å². The van der Waals surface area contributed by atoms with Crippen LogP contribution in [0.5, 0.6) is 0 Å². The Kier molecular flexibility index (Phi) is 4.63. The third-order valence-corrected chi connectivity index (χ3v) is 3.99. The first-order valence-corrected chi connectivity index (χ1v) is 8.13. The lowest BCUT2D eigenvalue weighted by atomic mass is 10.1. The van der Waals surface area contributed by atoms with Crippen LogP contribution >= 0.6 is 22.6 Å². The fourth-order valence-electron chi connectivity index (χ4n) is 2.18. The van der Waals surface area contributed by atoms with E-state index in [9.17, 15) is 0 Å². The highest BCUT2D eigenvalue weighted by molar-refractivity contribution is 14.1. The molecule has 0 radical (unpaired) electrons. The number of aromatic nitrogens is 2. The van der Waals surface area contributed by atoms with Crippen molar-refractivity contribution in [2.45, 2.75) is 6.92 Å². The number of aryl methyl sites for hydroxylation is 1. The molecule has 0 aliphatic rings. The largest absolute Gasteiger partial charge is 0.260 e. The lowest BCUT2D eigenvalue weighted by Gasteiger charge is -2.05. The number of hydrogen-bond acceptors (Lipinski definition) is 2. The Labute approximate surface area is 144 Å². The zero-order chi connectivity index (χ0) is 15.4. The molecule has 0 amide bonds. The second-order valence-electron chi connectivity index (χ2n) is 4.99. The van der Waals surface area contributed by atoms with E-state index in [1.807, 2.05) is 49.5 Å². The van der Waals surface area contributed by atoms with Gasteiger partial charge in [0.25, 0.3) is 0 Å². The molecule has 0 saturated carbocycles. The van der Waals surface area contributed by atoms with Gasteiger partial charge in [-0.25, -0.2) is 4.98 Å². The lowest BCUT2D eigenvalue weighted by molar-refractivity contribution is 1.18. The van der Waals surface area contributed by atoms with E-state index in [0.717, 1.165) is 26.2 Å². The Morgan fingerprint density at radius 1 is 0.955 bits per heavy atom. The van der Waals surface area contributed by atoms with E-state index in [1.54, 1.807) is 0 Å². The molecule has 0 aliphatic heterocycles. The van der Waals surface area contributed by atoms with Crippen molar-refractivity contribution in [2.75, 3.05) is 0 Å². The Morgan fingerprint density at radius 2 is 1.77 bits per heavy atom. The van der Waals surface area contributed by atoms with Gasteiger partial charge in [0.1, 0.15) is 3.70 Å². The van der Waals surface area contributed by atoms with Gasteiger partial charge in [0, 0.05) is 17.5 Å². The topological polar surface area (TPSA) is 25.8 Å². The van der Waals surface area contributed by atoms with Gasteiger partial charge in [-0.2, -0.15) is 0 Å². The summed E-state index contributed by atoms with van der Waals surface area (Å²) in [7, 11) is 0. The molecule has 0 spiro atoms. The van der Waals surface area contributed by atoms with Crippen LogP contribution in [0.15, 0.2) is 60.8 Å². The molecule has 2 heterocycles. The second kappa shape index (κ2) is 6.83. The molecule has 2 nitrogen and oxygen atoms in total. The predicted molar refractivity (Wildman–Crippen MR) is 100 cm³/mol. The minimum absolute atomic E-state index is 0.953. The van der Waals surface area contributed by atoms with Crippen LogP contribution in [0, 0.1) is 10.6 Å². The second-order valence-corrected chi connectivity index (χ2v) is 6.09. The maximum atomic E-state index is 4.56. The minimum atomic E-state index is 0.953. The summed E-state index contributed by atoms with van der Waals surface area (Å²) in [6.45, 7) is 2.02. The van der Waals surface area contributed by atoms with Gasteiger partial charge in [0.15, 0.2) is 0 Å². The fourth-order valence-corrected chi connectivity index (χ4v) is 2.65. The van der Waals surface area contributed by atoms with Crippen molar-refractivity contribution in [2.24, 2.45) is 0 Å². The average molecular weight is 398 g/mol. The van der Waals surface area contributed by atoms with Crippen molar-refractivity contribution < 1.29 is 0 Å². The zero-order valence-corrected chi connectivity index (χ0v) is 14.4. The predicted octanol–water partition coefficient (Wildman–Crippen LogP) is 5.23. The number of pyridine rings is 2. The molecule has 108 valence electrons. The van der Waals surface area contributed by atoms with E-state index in [1.165, 1.54) is 5.56 Å². The van der Waals surface area contributed by atoms with E-state index in [2.05, 4.69) is 62.9 Å². The van der Waals surface area contributed by atoms with Gasteiger partial charge in [-0.15, -0.1) is 0 Å². The highest BCUT2D eigenvalue weighted by atomic mass is 127. The van der Waals surface area contributed by atoms with Crippen LogP contribution < -0.4 is 0 Å². The van der Waals surface area contributed by atoms with Crippen molar-refractivity contribution in [1.29, 1.82) is 0 Å². The van der Waals surface area contributed by atoms with E-state index >= 15 is 0 Å². The van der Waals surface area contributed by atoms with Crippen LogP contribution in [0.3, 0.4) is 0 Å². The number of halogens is 1. The van der Waals surface area contributed by atoms with Gasteiger partial charge in [-0.1, -0.05) is 48.6 Å². The van der Waals surface area contributed by atoms with E-state index in [-0.39, 0.29) is 0 Å². The van der Waals surface area contributed by atoms with E-state index in [4.69, 9.17) is 0 Å². The molecule has 3 aromatic rings. The molecular formula is C19H15IN2. The van der Waals surface area contributed by atoms with Crippen molar-refractivity contribution >= 4 is 34.7 Å². The standard InChI is InChI=1S/C19H15IN2/c1-14-16(11-10-15-6-3-2-4-7-15)12-17(13-21-14)18-8-5-9-19(20)22-18/h2-13H,1H3/b11-10+. The lowest BCUT2D eigenvalue weighted by Crippen LogP contribution is -1.91. The molecule has 22 heavy (non-hydrogen) atoms. The Morgan fingerprint density at radius 3 is 2.55 bits per heavy atom. The van der Waals surface area contributed by atoms with Gasteiger partial charge in [-0.05, 0) is 58.8 Å². The fraction of sp³-hybridized carbons (Fsp3) is 0.0526. The van der Waals surface area contributed by atoms with Gasteiger partial charge in [0.2, 0.25) is 0 Å². The summed E-state index contributed by atoms with van der Waals surface area (Å²) >= 11 is 2.23. The molecule has 3 rings (SSSR count). The first kappa shape index (κ1) is 14.9. The van der Waals surface area contributed by atoms with Crippen LogP contribution in [-0.4, -0.2) is 9.97 Å². The Bertz CT molecular complexity index is 811. The van der Waals surface area contributed by atoms with E-state index < -0.39 is 0 Å². The molecule has 0 fully saturated rings. The summed E-state index contributed by atoms with van der Waals surface area (Å²) in [5.41, 5.74) is 5.30. The normalized spacial score (nSPS) is 11.0. The highest BCUT2D eigenvalue weighted by Crippen LogP contribution is 2.21. The van der Waals surface area contributed by atoms with Crippen molar-refractivity contribution in [3.05, 3.63) is 81.3 Å². The Balaban J connectivity index is 1.95. The summed E-state index contributed by atoms with van der Waals surface area (Å²) < 4.78 is 0.983. The van der Waals surface area contributed by atoms with Gasteiger partial charge < -0.3 is 0 Å². The molecule has 2 aromatic heterocycles. The summed E-state index contributed by atoms with van der Waals surface area (Å²) in [6, 6.07) is 18.4. The third-order valence-electron chi connectivity index (χ3n) is 3.39. The van der Waals surface area contributed by atoms with Crippen molar-refractivity contribution in [1.82, 2.24) is 9.97 Å². The van der Waals surface area contributed by atoms with Crippen molar-refractivity contribution in [3.63, 3.8) is 0 Å². The highest BCUT2D eigenvalue weighted by Gasteiger charge is 2.04. The smallest absolute Gasteiger partial charge is 0.102 e. The van der Waals surface area contributed by atoms with Crippen LogP contribution in [0.25, 0.3) is 23.4 Å². The molecule has 0 saturated heterocycles. The van der Waals surface area contributed by atoms with Gasteiger partial charge in [-0.3, -0.25) is 4.98 Å². The minimum Gasteiger partial charge on any atom is -0.260 e. The maximum Gasteiger partial charge on any atom is 0.102 e. The molecule has 0 atom stereocenters. The summed E-state index contributed by atoms with van der Waals surface area (Å²) in [6.07, 6.45) is 6.10. The number of hydrogen-bond donors (Lipinski definition) is 0. The van der Waals surface area contributed by atoms with Crippen molar-refractivity contribution in [3.8, 4) is 11.3 Å². The zero-order valence-electron chi connectivity index (χ0n) is 12.2. The van der Waals surface area contributed by atoms with Crippen LogP contribution in [-0.2, 0) is 0 Å². The molecule has 1 aromatic carbocycles. The quantitative estimate of drug-likeness (QED) is 0.446. The number of nitrogens with zero attached hydrogens (tertiary/aromatic N) is 2.